The molecule has 0 radical (unpaired) electrons. The molecule has 0 aromatic heterocycles. The van der Waals surface area contributed by atoms with E-state index in [-0.39, 0.29) is 10.2 Å². The van der Waals surface area contributed by atoms with Crippen molar-refractivity contribution in [3.8, 4) is 5.75 Å². The largest absolute Gasteiger partial charge is 0.573 e. The van der Waals surface area contributed by atoms with Gasteiger partial charge in [-0.05, 0) is 46.3 Å². The summed E-state index contributed by atoms with van der Waals surface area (Å²) in [6.07, 6.45) is -5.04. The molecule has 2 aromatic rings. The summed E-state index contributed by atoms with van der Waals surface area (Å²) in [5.74, 6) is -1.48. The standard InChI is InChI=1S/C13H8BrF4NO3S/c14-9-7-8(15)5-6-10(9)19-23(20,21)12-4-2-1-3-11(12)22-13(16,17)18/h1-7,19H. The minimum absolute atomic E-state index is 0.0341. The fraction of sp³-hybridized carbons (Fsp3) is 0.0769. The van der Waals surface area contributed by atoms with Crippen LogP contribution in [0.15, 0.2) is 51.8 Å². The highest BCUT2D eigenvalue weighted by atomic mass is 79.9. The van der Waals surface area contributed by atoms with Gasteiger partial charge < -0.3 is 4.74 Å². The Bertz CT molecular complexity index is 824. The van der Waals surface area contributed by atoms with Crippen molar-refractivity contribution in [1.29, 1.82) is 0 Å². The van der Waals surface area contributed by atoms with Crippen LogP contribution in [0.3, 0.4) is 0 Å². The number of halogens is 5. The Balaban J connectivity index is 2.40. The third kappa shape index (κ3) is 4.58. The maximum Gasteiger partial charge on any atom is 0.573 e. The van der Waals surface area contributed by atoms with E-state index >= 15 is 0 Å². The number of rotatable bonds is 4. The lowest BCUT2D eigenvalue weighted by Crippen LogP contribution is -2.21. The van der Waals surface area contributed by atoms with Gasteiger partial charge >= 0.3 is 6.36 Å². The van der Waals surface area contributed by atoms with Crippen LogP contribution < -0.4 is 9.46 Å². The fourth-order valence-electron chi connectivity index (χ4n) is 1.65. The third-order valence-corrected chi connectivity index (χ3v) is 4.60. The molecule has 0 aliphatic heterocycles. The van der Waals surface area contributed by atoms with Crippen molar-refractivity contribution in [3.05, 3.63) is 52.8 Å². The van der Waals surface area contributed by atoms with Gasteiger partial charge in [-0.15, -0.1) is 13.2 Å². The molecule has 23 heavy (non-hydrogen) atoms. The van der Waals surface area contributed by atoms with E-state index in [2.05, 4.69) is 25.4 Å². The lowest BCUT2D eigenvalue weighted by Gasteiger charge is -2.15. The maximum absolute atomic E-state index is 13.0. The Morgan fingerprint density at radius 1 is 1.09 bits per heavy atom. The van der Waals surface area contributed by atoms with Crippen LogP contribution in [0.5, 0.6) is 5.75 Å². The molecule has 0 spiro atoms. The van der Waals surface area contributed by atoms with Crippen molar-refractivity contribution in [2.75, 3.05) is 4.72 Å². The summed E-state index contributed by atoms with van der Waals surface area (Å²) in [5, 5.41) is 0. The van der Waals surface area contributed by atoms with Gasteiger partial charge in [-0.2, -0.15) is 0 Å². The molecule has 0 aliphatic carbocycles. The summed E-state index contributed by atoms with van der Waals surface area (Å²) in [5.41, 5.74) is -0.0341. The van der Waals surface area contributed by atoms with Gasteiger partial charge in [0.25, 0.3) is 10.0 Å². The number of anilines is 1. The van der Waals surface area contributed by atoms with Gasteiger partial charge in [0, 0.05) is 4.47 Å². The van der Waals surface area contributed by atoms with Crippen LogP contribution in [0.4, 0.5) is 23.2 Å². The zero-order valence-electron chi connectivity index (χ0n) is 11.1. The number of hydrogen-bond donors (Lipinski definition) is 1. The molecule has 0 saturated heterocycles. The molecular weight excluding hydrogens is 406 g/mol. The first-order valence-corrected chi connectivity index (χ1v) is 8.19. The molecule has 0 atom stereocenters. The second kappa shape index (κ2) is 6.36. The molecule has 124 valence electrons. The normalized spacial score (nSPS) is 12.0. The van der Waals surface area contributed by atoms with Crippen LogP contribution in [0.25, 0.3) is 0 Å². The van der Waals surface area contributed by atoms with E-state index in [1.807, 2.05) is 0 Å². The zero-order chi connectivity index (χ0) is 17.3. The monoisotopic (exact) mass is 413 g/mol. The molecule has 0 fully saturated rings. The number of sulfonamides is 1. The van der Waals surface area contributed by atoms with E-state index in [4.69, 9.17) is 0 Å². The summed E-state index contributed by atoms with van der Waals surface area (Å²) in [4.78, 5) is -0.700. The van der Waals surface area contributed by atoms with Crippen LogP contribution in [-0.2, 0) is 10.0 Å². The van der Waals surface area contributed by atoms with E-state index in [1.165, 1.54) is 12.1 Å². The minimum atomic E-state index is -5.04. The predicted molar refractivity (Wildman–Crippen MR) is 78.0 cm³/mol. The van der Waals surface area contributed by atoms with Crippen LogP contribution >= 0.6 is 15.9 Å². The summed E-state index contributed by atoms with van der Waals surface area (Å²) in [6.45, 7) is 0. The van der Waals surface area contributed by atoms with Gasteiger partial charge in [0.15, 0.2) is 0 Å². The lowest BCUT2D eigenvalue weighted by atomic mass is 10.3. The first-order valence-electron chi connectivity index (χ1n) is 5.91. The number of para-hydroxylation sites is 1. The Hall–Kier alpha value is -1.81. The number of benzene rings is 2. The summed E-state index contributed by atoms with van der Waals surface area (Å²) >= 11 is 2.96. The molecular formula is C13H8BrF4NO3S. The van der Waals surface area contributed by atoms with E-state index in [1.54, 1.807) is 0 Å². The molecule has 0 aliphatic rings. The van der Waals surface area contributed by atoms with Crippen molar-refractivity contribution >= 4 is 31.6 Å². The molecule has 4 nitrogen and oxygen atoms in total. The number of alkyl halides is 3. The second-order valence-electron chi connectivity index (χ2n) is 4.22. The van der Waals surface area contributed by atoms with Gasteiger partial charge in [-0.25, -0.2) is 12.8 Å². The Kier molecular flexibility index (Phi) is 4.85. The van der Waals surface area contributed by atoms with Crippen LogP contribution in [0.2, 0.25) is 0 Å². The van der Waals surface area contributed by atoms with Gasteiger partial charge in [0.1, 0.15) is 16.5 Å². The average Bonchev–Trinajstić information content (AvgIpc) is 2.40. The van der Waals surface area contributed by atoms with E-state index < -0.39 is 32.8 Å². The van der Waals surface area contributed by atoms with Crippen molar-refractivity contribution in [2.45, 2.75) is 11.3 Å². The summed E-state index contributed by atoms with van der Waals surface area (Å²) < 4.78 is 80.5. The van der Waals surface area contributed by atoms with Gasteiger partial charge in [-0.3, -0.25) is 4.72 Å². The minimum Gasteiger partial charge on any atom is -0.404 e. The molecule has 0 unspecified atom stereocenters. The molecule has 0 amide bonds. The molecule has 10 heteroatoms. The number of ether oxygens (including phenoxy) is 1. The lowest BCUT2D eigenvalue weighted by molar-refractivity contribution is -0.275. The molecule has 0 saturated carbocycles. The zero-order valence-corrected chi connectivity index (χ0v) is 13.5. The average molecular weight is 414 g/mol. The summed E-state index contributed by atoms with van der Waals surface area (Å²) in [7, 11) is -4.38. The Morgan fingerprint density at radius 3 is 2.35 bits per heavy atom. The van der Waals surface area contributed by atoms with Gasteiger partial charge in [0.2, 0.25) is 0 Å². The van der Waals surface area contributed by atoms with Crippen LogP contribution in [-0.4, -0.2) is 14.8 Å². The summed E-state index contributed by atoms with van der Waals surface area (Å²) in [6, 6.07) is 7.43. The number of hydrogen-bond acceptors (Lipinski definition) is 3. The molecule has 2 rings (SSSR count). The molecule has 0 heterocycles. The van der Waals surface area contributed by atoms with Crippen molar-refractivity contribution < 1.29 is 30.7 Å². The van der Waals surface area contributed by atoms with Crippen molar-refractivity contribution in [1.82, 2.24) is 0 Å². The van der Waals surface area contributed by atoms with Gasteiger partial charge in [-0.1, -0.05) is 12.1 Å². The second-order valence-corrected chi connectivity index (χ2v) is 6.73. The number of nitrogens with one attached hydrogen (secondary N) is 1. The first-order chi connectivity index (χ1) is 10.6. The quantitative estimate of drug-likeness (QED) is 0.760. The SMILES string of the molecule is O=S(=O)(Nc1ccc(F)cc1Br)c1ccccc1OC(F)(F)F. The highest BCUT2D eigenvalue weighted by molar-refractivity contribution is 9.10. The molecule has 1 N–H and O–H groups in total. The van der Waals surface area contributed by atoms with Crippen molar-refractivity contribution in [2.24, 2.45) is 0 Å². The Labute approximate surface area is 137 Å². The molecule has 0 bridgehead atoms. The highest BCUT2D eigenvalue weighted by Gasteiger charge is 2.34. The van der Waals surface area contributed by atoms with Crippen molar-refractivity contribution in [3.63, 3.8) is 0 Å². The fourth-order valence-corrected chi connectivity index (χ4v) is 3.44. The third-order valence-electron chi connectivity index (χ3n) is 2.54. The Morgan fingerprint density at radius 2 is 1.74 bits per heavy atom. The maximum atomic E-state index is 13.0. The van der Waals surface area contributed by atoms with E-state index in [0.29, 0.717) is 0 Å². The van der Waals surface area contributed by atoms with Crippen LogP contribution in [0, 0.1) is 5.82 Å². The van der Waals surface area contributed by atoms with Gasteiger partial charge in [0.05, 0.1) is 5.69 Å². The smallest absolute Gasteiger partial charge is 0.404 e. The molecule has 2 aromatic carbocycles. The predicted octanol–water partition coefficient (Wildman–Crippen LogP) is 4.29. The topological polar surface area (TPSA) is 55.4 Å². The van der Waals surface area contributed by atoms with E-state index in [0.717, 1.165) is 30.3 Å². The van der Waals surface area contributed by atoms with Crippen LogP contribution in [0.1, 0.15) is 0 Å². The highest BCUT2D eigenvalue weighted by Crippen LogP contribution is 2.32. The van der Waals surface area contributed by atoms with E-state index in [9.17, 15) is 26.0 Å². The first kappa shape index (κ1) is 17.5.